The topological polar surface area (TPSA) is 17.8 Å². The van der Waals surface area contributed by atoms with Crippen molar-refractivity contribution in [3.05, 3.63) is 84.4 Å². The van der Waals surface area contributed by atoms with Gasteiger partial charge in [-0.15, -0.1) is 0 Å². The van der Waals surface area contributed by atoms with Gasteiger partial charge < -0.3 is 0 Å². The summed E-state index contributed by atoms with van der Waals surface area (Å²) < 4.78 is 2.24. The van der Waals surface area contributed by atoms with Gasteiger partial charge in [0, 0.05) is 11.3 Å². The van der Waals surface area contributed by atoms with Gasteiger partial charge >= 0.3 is 0 Å². The molecule has 0 spiro atoms. The van der Waals surface area contributed by atoms with Gasteiger partial charge in [0.15, 0.2) is 0 Å². The van der Waals surface area contributed by atoms with Crippen molar-refractivity contribution in [1.29, 1.82) is 0 Å². The standard InChI is InChI=1S/C22H20N2/c1-16(2)17-9-8-10-18(15-17)22-23-20-13-6-7-14-21(20)24(22)19-11-4-3-5-12-19/h3-16H,1-2H3. The third kappa shape index (κ3) is 2.50. The van der Waals surface area contributed by atoms with Gasteiger partial charge in [-0.05, 0) is 41.8 Å². The van der Waals surface area contributed by atoms with E-state index in [9.17, 15) is 0 Å². The minimum absolute atomic E-state index is 0.500. The monoisotopic (exact) mass is 312 g/mol. The summed E-state index contributed by atoms with van der Waals surface area (Å²) in [5.41, 5.74) is 5.77. The first-order valence-corrected chi connectivity index (χ1v) is 8.37. The van der Waals surface area contributed by atoms with Crippen LogP contribution in [-0.2, 0) is 0 Å². The van der Waals surface area contributed by atoms with Gasteiger partial charge in [0.1, 0.15) is 5.82 Å². The number of hydrogen-bond donors (Lipinski definition) is 0. The zero-order valence-corrected chi connectivity index (χ0v) is 14.0. The summed E-state index contributed by atoms with van der Waals surface area (Å²) in [6, 6.07) is 27.5. The fourth-order valence-electron chi connectivity index (χ4n) is 3.09. The lowest BCUT2D eigenvalue weighted by Gasteiger charge is -2.11. The maximum Gasteiger partial charge on any atom is 0.145 e. The second-order valence-corrected chi connectivity index (χ2v) is 6.38. The molecule has 0 atom stereocenters. The van der Waals surface area contributed by atoms with Crippen molar-refractivity contribution in [3.63, 3.8) is 0 Å². The van der Waals surface area contributed by atoms with Crippen LogP contribution in [0.5, 0.6) is 0 Å². The molecule has 0 aliphatic heterocycles. The minimum atomic E-state index is 0.500. The van der Waals surface area contributed by atoms with Gasteiger partial charge in [-0.2, -0.15) is 0 Å². The van der Waals surface area contributed by atoms with E-state index in [0.717, 1.165) is 28.1 Å². The van der Waals surface area contributed by atoms with Crippen LogP contribution in [0.3, 0.4) is 0 Å². The van der Waals surface area contributed by atoms with Gasteiger partial charge in [-0.25, -0.2) is 4.98 Å². The molecule has 0 saturated carbocycles. The summed E-state index contributed by atoms with van der Waals surface area (Å²) in [7, 11) is 0. The van der Waals surface area contributed by atoms with Crippen molar-refractivity contribution in [1.82, 2.24) is 9.55 Å². The molecule has 4 rings (SSSR count). The largest absolute Gasteiger partial charge is 0.292 e. The summed E-state index contributed by atoms with van der Waals surface area (Å²) in [5.74, 6) is 1.49. The van der Waals surface area contributed by atoms with Crippen LogP contribution in [-0.4, -0.2) is 9.55 Å². The van der Waals surface area contributed by atoms with Crippen LogP contribution in [0.25, 0.3) is 28.1 Å². The number of hydrogen-bond acceptors (Lipinski definition) is 1. The predicted octanol–water partition coefficient (Wildman–Crippen LogP) is 5.82. The Bertz CT molecular complexity index is 981. The van der Waals surface area contributed by atoms with Crippen molar-refractivity contribution in [2.24, 2.45) is 0 Å². The van der Waals surface area contributed by atoms with E-state index in [4.69, 9.17) is 4.98 Å². The molecule has 1 heterocycles. The fraction of sp³-hybridized carbons (Fsp3) is 0.136. The highest BCUT2D eigenvalue weighted by Crippen LogP contribution is 2.30. The molecule has 0 bridgehead atoms. The highest BCUT2D eigenvalue weighted by Gasteiger charge is 2.14. The number of fused-ring (bicyclic) bond motifs is 1. The van der Waals surface area contributed by atoms with E-state index in [1.165, 1.54) is 5.56 Å². The lowest BCUT2D eigenvalue weighted by molar-refractivity contribution is 0.866. The number of rotatable bonds is 3. The fourth-order valence-corrected chi connectivity index (χ4v) is 3.09. The van der Waals surface area contributed by atoms with Crippen molar-refractivity contribution in [2.45, 2.75) is 19.8 Å². The molecule has 0 aliphatic rings. The zero-order chi connectivity index (χ0) is 16.5. The molecule has 0 saturated heterocycles. The molecule has 0 aliphatic carbocycles. The van der Waals surface area contributed by atoms with Crippen molar-refractivity contribution >= 4 is 11.0 Å². The third-order valence-electron chi connectivity index (χ3n) is 4.39. The lowest BCUT2D eigenvalue weighted by Crippen LogP contribution is -1.98. The van der Waals surface area contributed by atoms with Crippen molar-refractivity contribution in [3.8, 4) is 17.1 Å². The normalized spacial score (nSPS) is 11.3. The van der Waals surface area contributed by atoms with Crippen LogP contribution < -0.4 is 0 Å². The number of nitrogens with zero attached hydrogens (tertiary/aromatic N) is 2. The highest BCUT2D eigenvalue weighted by molar-refractivity contribution is 5.83. The van der Waals surface area contributed by atoms with E-state index in [1.54, 1.807) is 0 Å². The first-order chi connectivity index (χ1) is 11.7. The van der Waals surface area contributed by atoms with Crippen molar-refractivity contribution in [2.75, 3.05) is 0 Å². The summed E-state index contributed by atoms with van der Waals surface area (Å²) in [4.78, 5) is 4.92. The van der Waals surface area contributed by atoms with E-state index in [1.807, 2.05) is 12.1 Å². The SMILES string of the molecule is CC(C)c1cccc(-c2nc3ccccc3n2-c2ccccc2)c1. The molecule has 4 aromatic rings. The van der Waals surface area contributed by atoms with Crippen LogP contribution in [0, 0.1) is 0 Å². The van der Waals surface area contributed by atoms with Gasteiger partial charge in [0.2, 0.25) is 0 Å². The first-order valence-electron chi connectivity index (χ1n) is 8.37. The summed E-state index contributed by atoms with van der Waals surface area (Å²) in [5, 5.41) is 0. The maximum atomic E-state index is 4.92. The zero-order valence-electron chi connectivity index (χ0n) is 14.0. The van der Waals surface area contributed by atoms with Gasteiger partial charge in [0.25, 0.3) is 0 Å². The van der Waals surface area contributed by atoms with Gasteiger partial charge in [0.05, 0.1) is 11.0 Å². The molecule has 118 valence electrons. The molecule has 0 N–H and O–H groups in total. The highest BCUT2D eigenvalue weighted by atomic mass is 15.1. The molecule has 3 aromatic carbocycles. The molecular formula is C22H20N2. The van der Waals surface area contributed by atoms with Gasteiger partial charge in [-0.3, -0.25) is 4.57 Å². The Balaban J connectivity index is 2.00. The minimum Gasteiger partial charge on any atom is -0.292 e. The number of para-hydroxylation sites is 3. The van der Waals surface area contributed by atoms with E-state index < -0.39 is 0 Å². The Morgan fingerprint density at radius 3 is 2.33 bits per heavy atom. The quantitative estimate of drug-likeness (QED) is 0.466. The third-order valence-corrected chi connectivity index (χ3v) is 4.39. The second kappa shape index (κ2) is 5.97. The molecule has 2 heteroatoms. The maximum absolute atomic E-state index is 4.92. The molecular weight excluding hydrogens is 292 g/mol. The van der Waals surface area contributed by atoms with E-state index in [0.29, 0.717) is 5.92 Å². The molecule has 0 radical (unpaired) electrons. The average molecular weight is 312 g/mol. The summed E-state index contributed by atoms with van der Waals surface area (Å²) in [6.07, 6.45) is 0. The lowest BCUT2D eigenvalue weighted by atomic mass is 10.0. The Kier molecular flexibility index (Phi) is 3.66. The van der Waals surface area contributed by atoms with Crippen molar-refractivity contribution < 1.29 is 0 Å². The van der Waals surface area contributed by atoms with Crippen LogP contribution in [0.1, 0.15) is 25.3 Å². The summed E-state index contributed by atoms with van der Waals surface area (Å²) >= 11 is 0. The molecule has 2 nitrogen and oxygen atoms in total. The number of imidazole rings is 1. The molecule has 0 amide bonds. The molecule has 0 fully saturated rings. The number of aromatic nitrogens is 2. The van der Waals surface area contributed by atoms with Crippen LogP contribution in [0.4, 0.5) is 0 Å². The van der Waals surface area contributed by atoms with Crippen LogP contribution in [0.15, 0.2) is 78.9 Å². The second-order valence-electron chi connectivity index (χ2n) is 6.38. The Hall–Kier alpha value is -2.87. The summed E-state index contributed by atoms with van der Waals surface area (Å²) in [6.45, 7) is 4.44. The average Bonchev–Trinajstić information content (AvgIpc) is 3.02. The Labute approximate surface area is 142 Å². The van der Waals surface area contributed by atoms with E-state index >= 15 is 0 Å². The number of benzene rings is 3. The van der Waals surface area contributed by atoms with E-state index in [-0.39, 0.29) is 0 Å². The smallest absolute Gasteiger partial charge is 0.145 e. The predicted molar refractivity (Wildman–Crippen MR) is 101 cm³/mol. The molecule has 24 heavy (non-hydrogen) atoms. The van der Waals surface area contributed by atoms with Gasteiger partial charge in [-0.1, -0.05) is 62.4 Å². The Morgan fingerprint density at radius 1 is 0.792 bits per heavy atom. The van der Waals surface area contributed by atoms with Crippen LogP contribution in [0.2, 0.25) is 0 Å². The van der Waals surface area contributed by atoms with Crippen LogP contribution >= 0.6 is 0 Å². The molecule has 1 aromatic heterocycles. The van der Waals surface area contributed by atoms with E-state index in [2.05, 4.69) is 85.1 Å². The Morgan fingerprint density at radius 2 is 1.54 bits per heavy atom. The molecule has 0 unspecified atom stereocenters. The first kappa shape index (κ1) is 14.7.